The maximum absolute atomic E-state index is 13.1. The van der Waals surface area contributed by atoms with E-state index in [4.69, 9.17) is 16.3 Å². The summed E-state index contributed by atoms with van der Waals surface area (Å²) >= 11 is 6.00. The molecule has 6 heteroatoms. The number of halogens is 2. The summed E-state index contributed by atoms with van der Waals surface area (Å²) in [6.07, 6.45) is -0.647. The molecule has 0 saturated heterocycles. The van der Waals surface area contributed by atoms with E-state index in [1.807, 2.05) is 25.9 Å². The zero-order valence-corrected chi connectivity index (χ0v) is 16.2. The minimum absolute atomic E-state index is 0.0653. The Labute approximate surface area is 158 Å². The highest BCUT2D eigenvalue weighted by Crippen LogP contribution is 2.22. The quantitative estimate of drug-likeness (QED) is 0.792. The van der Waals surface area contributed by atoms with Gasteiger partial charge in [0.1, 0.15) is 11.6 Å². The number of hydrogen-bond donors (Lipinski definition) is 1. The molecular formula is C20H24ClFN2O2. The zero-order chi connectivity index (χ0) is 19.3. The minimum Gasteiger partial charge on any atom is -0.481 e. The van der Waals surface area contributed by atoms with Crippen LogP contribution in [-0.4, -0.2) is 37.6 Å². The first-order valence-corrected chi connectivity index (χ1v) is 8.78. The van der Waals surface area contributed by atoms with Gasteiger partial charge in [0.05, 0.1) is 6.04 Å². The number of nitrogens with zero attached hydrogens (tertiary/aromatic N) is 1. The standard InChI is InChI=1S/C20H24ClFN2O2/c1-13-11-17(9-10-18(13)21)26-14(2)20(25)23-12-19(24(3)4)15-5-7-16(22)8-6-15/h5-11,14,19H,12H2,1-4H3,(H,23,25). The molecule has 0 spiro atoms. The molecule has 2 aromatic rings. The van der Waals surface area contributed by atoms with Gasteiger partial charge >= 0.3 is 0 Å². The van der Waals surface area contributed by atoms with Crippen LogP contribution in [0.4, 0.5) is 4.39 Å². The second-order valence-electron chi connectivity index (χ2n) is 6.45. The number of rotatable bonds is 7. The van der Waals surface area contributed by atoms with Crippen LogP contribution in [0, 0.1) is 12.7 Å². The summed E-state index contributed by atoms with van der Waals surface area (Å²) in [7, 11) is 3.83. The van der Waals surface area contributed by atoms with Crippen LogP contribution in [0.5, 0.6) is 5.75 Å². The number of nitrogens with one attached hydrogen (secondary N) is 1. The molecular weight excluding hydrogens is 355 g/mol. The van der Waals surface area contributed by atoms with Crippen molar-refractivity contribution in [3.8, 4) is 5.75 Å². The van der Waals surface area contributed by atoms with E-state index in [-0.39, 0.29) is 17.8 Å². The monoisotopic (exact) mass is 378 g/mol. The fourth-order valence-electron chi connectivity index (χ4n) is 2.57. The van der Waals surface area contributed by atoms with Crippen molar-refractivity contribution < 1.29 is 13.9 Å². The predicted molar refractivity (Wildman–Crippen MR) is 102 cm³/mol. The summed E-state index contributed by atoms with van der Waals surface area (Å²) in [5, 5.41) is 3.55. The highest BCUT2D eigenvalue weighted by atomic mass is 35.5. The molecule has 0 aliphatic rings. The van der Waals surface area contributed by atoms with Crippen LogP contribution in [0.1, 0.15) is 24.1 Å². The summed E-state index contributed by atoms with van der Waals surface area (Å²) in [6, 6.07) is 11.5. The number of benzene rings is 2. The zero-order valence-electron chi connectivity index (χ0n) is 15.4. The molecule has 4 nitrogen and oxygen atoms in total. The fraction of sp³-hybridized carbons (Fsp3) is 0.350. The summed E-state index contributed by atoms with van der Waals surface area (Å²) in [6.45, 7) is 3.97. The molecule has 2 unspecified atom stereocenters. The van der Waals surface area contributed by atoms with E-state index in [1.54, 1.807) is 37.3 Å². The summed E-state index contributed by atoms with van der Waals surface area (Å²) in [5.74, 6) is 0.0966. The van der Waals surface area contributed by atoms with E-state index < -0.39 is 6.10 Å². The van der Waals surface area contributed by atoms with Gasteiger partial charge in [-0.1, -0.05) is 23.7 Å². The molecule has 0 aliphatic heterocycles. The first kappa shape index (κ1) is 20.2. The molecule has 1 amide bonds. The molecule has 0 fully saturated rings. The lowest BCUT2D eigenvalue weighted by Gasteiger charge is -2.26. The number of aryl methyl sites for hydroxylation is 1. The Balaban J connectivity index is 1.96. The number of hydrogen-bond acceptors (Lipinski definition) is 3. The highest BCUT2D eigenvalue weighted by Gasteiger charge is 2.19. The third kappa shape index (κ3) is 5.44. The molecule has 26 heavy (non-hydrogen) atoms. The maximum Gasteiger partial charge on any atom is 0.260 e. The third-order valence-corrected chi connectivity index (χ3v) is 4.58. The van der Waals surface area contributed by atoms with Crippen LogP contribution in [0.3, 0.4) is 0 Å². The van der Waals surface area contributed by atoms with E-state index >= 15 is 0 Å². The third-order valence-electron chi connectivity index (χ3n) is 4.16. The molecule has 0 aromatic heterocycles. The van der Waals surface area contributed by atoms with Gasteiger partial charge in [-0.05, 0) is 69.4 Å². The number of carbonyl (C=O) groups is 1. The van der Waals surface area contributed by atoms with Crippen LogP contribution in [-0.2, 0) is 4.79 Å². The molecule has 0 radical (unpaired) electrons. The van der Waals surface area contributed by atoms with Crippen LogP contribution >= 0.6 is 11.6 Å². The lowest BCUT2D eigenvalue weighted by molar-refractivity contribution is -0.127. The van der Waals surface area contributed by atoms with Crippen molar-refractivity contribution in [2.45, 2.75) is 26.0 Å². The Kier molecular flexibility index (Phi) is 7.00. The van der Waals surface area contributed by atoms with Gasteiger partial charge in [0.2, 0.25) is 0 Å². The van der Waals surface area contributed by atoms with Crippen molar-refractivity contribution in [1.82, 2.24) is 10.2 Å². The lowest BCUT2D eigenvalue weighted by Crippen LogP contribution is -2.41. The average molecular weight is 379 g/mol. The van der Waals surface area contributed by atoms with Crippen molar-refractivity contribution in [3.05, 3.63) is 64.4 Å². The average Bonchev–Trinajstić information content (AvgIpc) is 2.59. The fourth-order valence-corrected chi connectivity index (χ4v) is 2.69. The lowest BCUT2D eigenvalue weighted by atomic mass is 10.1. The van der Waals surface area contributed by atoms with Gasteiger partial charge in [0.15, 0.2) is 6.10 Å². The molecule has 0 aliphatic carbocycles. The molecule has 2 atom stereocenters. The van der Waals surface area contributed by atoms with Crippen LogP contribution in [0.15, 0.2) is 42.5 Å². The molecule has 0 heterocycles. The maximum atomic E-state index is 13.1. The van der Waals surface area contributed by atoms with E-state index in [2.05, 4.69) is 5.32 Å². The van der Waals surface area contributed by atoms with Gasteiger partial charge in [-0.2, -0.15) is 0 Å². The number of likely N-dealkylation sites (N-methyl/N-ethyl adjacent to an activating group) is 1. The van der Waals surface area contributed by atoms with Crippen LogP contribution in [0.25, 0.3) is 0 Å². The summed E-state index contributed by atoms with van der Waals surface area (Å²) in [4.78, 5) is 14.3. The van der Waals surface area contributed by atoms with E-state index in [0.29, 0.717) is 17.3 Å². The van der Waals surface area contributed by atoms with Crippen molar-refractivity contribution in [3.63, 3.8) is 0 Å². The van der Waals surface area contributed by atoms with E-state index in [9.17, 15) is 9.18 Å². The van der Waals surface area contributed by atoms with Gasteiger partial charge in [-0.25, -0.2) is 4.39 Å². The van der Waals surface area contributed by atoms with Gasteiger partial charge in [0, 0.05) is 11.6 Å². The smallest absolute Gasteiger partial charge is 0.260 e. The Morgan fingerprint density at radius 1 is 1.23 bits per heavy atom. The second-order valence-corrected chi connectivity index (χ2v) is 6.85. The minimum atomic E-state index is -0.647. The molecule has 0 bridgehead atoms. The van der Waals surface area contributed by atoms with Crippen molar-refractivity contribution in [2.24, 2.45) is 0 Å². The Hall–Kier alpha value is -2.11. The first-order chi connectivity index (χ1) is 12.3. The first-order valence-electron chi connectivity index (χ1n) is 8.40. The molecule has 2 rings (SSSR count). The molecule has 2 aromatic carbocycles. The van der Waals surface area contributed by atoms with Crippen molar-refractivity contribution >= 4 is 17.5 Å². The van der Waals surface area contributed by atoms with Gasteiger partial charge in [-0.15, -0.1) is 0 Å². The normalized spacial score (nSPS) is 13.3. The van der Waals surface area contributed by atoms with Gasteiger partial charge < -0.3 is 15.0 Å². The molecule has 140 valence electrons. The Morgan fingerprint density at radius 3 is 2.46 bits per heavy atom. The Morgan fingerprint density at radius 2 is 1.88 bits per heavy atom. The summed E-state index contributed by atoms with van der Waals surface area (Å²) < 4.78 is 18.8. The molecule has 0 saturated carbocycles. The van der Waals surface area contributed by atoms with Crippen LogP contribution in [0.2, 0.25) is 5.02 Å². The van der Waals surface area contributed by atoms with Gasteiger partial charge in [-0.3, -0.25) is 4.79 Å². The van der Waals surface area contributed by atoms with Crippen LogP contribution < -0.4 is 10.1 Å². The van der Waals surface area contributed by atoms with Crippen molar-refractivity contribution in [2.75, 3.05) is 20.6 Å². The molecule has 1 N–H and O–H groups in total. The largest absolute Gasteiger partial charge is 0.481 e. The SMILES string of the molecule is Cc1cc(OC(C)C(=O)NCC(c2ccc(F)cc2)N(C)C)ccc1Cl. The number of amides is 1. The Bertz CT molecular complexity index is 750. The van der Waals surface area contributed by atoms with E-state index in [1.165, 1.54) is 12.1 Å². The highest BCUT2D eigenvalue weighted by molar-refractivity contribution is 6.31. The number of ether oxygens (including phenoxy) is 1. The second kappa shape index (κ2) is 9.01. The van der Waals surface area contributed by atoms with Gasteiger partial charge in [0.25, 0.3) is 5.91 Å². The number of carbonyl (C=O) groups excluding carboxylic acids is 1. The topological polar surface area (TPSA) is 41.6 Å². The van der Waals surface area contributed by atoms with E-state index in [0.717, 1.165) is 11.1 Å². The van der Waals surface area contributed by atoms with Crippen molar-refractivity contribution in [1.29, 1.82) is 0 Å². The summed E-state index contributed by atoms with van der Waals surface area (Å²) in [5.41, 5.74) is 1.82. The predicted octanol–water partition coefficient (Wildman–Crippen LogP) is 3.97.